The number of aromatic amines is 1. The first-order valence-corrected chi connectivity index (χ1v) is 10.2. The molecule has 1 amide bonds. The van der Waals surface area contributed by atoms with Crippen LogP contribution in [0.5, 0.6) is 0 Å². The Labute approximate surface area is 182 Å². The van der Waals surface area contributed by atoms with E-state index in [1.54, 1.807) is 23.3 Å². The summed E-state index contributed by atoms with van der Waals surface area (Å²) in [5.41, 5.74) is 2.15. The number of amides is 1. The number of aryl methyl sites for hydroxylation is 1. The molecule has 1 aromatic heterocycles. The molecule has 2 N–H and O–H groups in total. The summed E-state index contributed by atoms with van der Waals surface area (Å²) in [4.78, 5) is 36.2. The zero-order valence-corrected chi connectivity index (χ0v) is 17.7. The fourth-order valence-electron chi connectivity index (χ4n) is 3.58. The first kappa shape index (κ1) is 21.8. The van der Waals surface area contributed by atoms with Crippen molar-refractivity contribution in [3.05, 3.63) is 80.8 Å². The number of nitrogens with one attached hydrogen (secondary N) is 2. The molecule has 0 radical (unpaired) electrons. The molecular weight excluding hydrogens is 418 g/mol. The molecule has 0 saturated carbocycles. The first-order chi connectivity index (χ1) is 15.4. The third kappa shape index (κ3) is 4.17. The van der Waals surface area contributed by atoms with Gasteiger partial charge in [-0.25, -0.2) is 13.8 Å². The first-order valence-electron chi connectivity index (χ1n) is 10.2. The van der Waals surface area contributed by atoms with Crippen LogP contribution in [0.25, 0.3) is 16.6 Å². The molecule has 1 aliphatic heterocycles. The fourth-order valence-corrected chi connectivity index (χ4v) is 3.58. The number of rotatable bonds is 5. The van der Waals surface area contributed by atoms with E-state index in [9.17, 15) is 18.4 Å². The summed E-state index contributed by atoms with van der Waals surface area (Å²) in [5, 5.41) is 3.97. The molecule has 0 unspecified atom stereocenters. The average Bonchev–Trinajstić information content (AvgIpc) is 2.81. The maximum atomic E-state index is 15.0. The van der Waals surface area contributed by atoms with E-state index in [4.69, 9.17) is 4.84 Å². The lowest BCUT2D eigenvalue weighted by Gasteiger charge is -2.26. The zero-order valence-electron chi connectivity index (χ0n) is 17.7. The van der Waals surface area contributed by atoms with E-state index in [-0.39, 0.29) is 24.2 Å². The molecule has 32 heavy (non-hydrogen) atoms. The van der Waals surface area contributed by atoms with Gasteiger partial charge in [0.05, 0.1) is 24.2 Å². The highest BCUT2D eigenvalue weighted by molar-refractivity contribution is 5.94. The predicted molar refractivity (Wildman–Crippen MR) is 116 cm³/mol. The van der Waals surface area contributed by atoms with E-state index < -0.39 is 23.1 Å². The second-order valence-electron chi connectivity index (χ2n) is 7.40. The van der Waals surface area contributed by atoms with Crippen molar-refractivity contribution in [2.75, 3.05) is 20.2 Å². The van der Waals surface area contributed by atoms with Crippen LogP contribution in [0.4, 0.5) is 8.78 Å². The Balaban J connectivity index is 1.51. The fraction of sp³-hybridized carbons (Fsp3) is 0.261. The highest BCUT2D eigenvalue weighted by Crippen LogP contribution is 2.24. The SMILES string of the molecule is CCc1nc2ccc(CN3CC=C(c4ccc(C(=O)NC)c(F)c4)CO3)c(F)c2[nH]c1=O. The van der Waals surface area contributed by atoms with E-state index in [1.807, 2.05) is 13.0 Å². The van der Waals surface area contributed by atoms with E-state index in [0.717, 1.165) is 5.57 Å². The molecule has 0 spiro atoms. The molecule has 0 bridgehead atoms. The van der Waals surface area contributed by atoms with Gasteiger partial charge in [0.2, 0.25) is 0 Å². The summed E-state index contributed by atoms with van der Waals surface area (Å²) in [6.07, 6.45) is 2.33. The van der Waals surface area contributed by atoms with Crippen molar-refractivity contribution in [3.63, 3.8) is 0 Å². The van der Waals surface area contributed by atoms with Gasteiger partial charge in [0.15, 0.2) is 5.82 Å². The third-order valence-corrected chi connectivity index (χ3v) is 5.39. The summed E-state index contributed by atoms with van der Waals surface area (Å²) < 4.78 is 29.2. The Kier molecular flexibility index (Phi) is 6.11. The molecule has 1 aliphatic rings. The number of hydrogen-bond acceptors (Lipinski definition) is 5. The standard InChI is InChI=1S/C23H22F2N4O3/c1-3-18-23(31)28-21-19(27-18)7-5-14(20(21)25)11-29-9-8-15(12-32-29)13-4-6-16(17(24)10-13)22(30)26-2/h4-8,10H,3,9,11-12H2,1-2H3,(H,26,30)(H,28,31). The van der Waals surface area contributed by atoms with Crippen molar-refractivity contribution in [3.8, 4) is 0 Å². The van der Waals surface area contributed by atoms with Crippen molar-refractivity contribution < 1.29 is 18.4 Å². The van der Waals surface area contributed by atoms with Crippen molar-refractivity contribution in [2.45, 2.75) is 19.9 Å². The molecular formula is C23H22F2N4O3. The van der Waals surface area contributed by atoms with E-state index in [2.05, 4.69) is 15.3 Å². The largest absolute Gasteiger partial charge is 0.355 e. The minimum atomic E-state index is -0.614. The van der Waals surface area contributed by atoms with Crippen molar-refractivity contribution in [1.82, 2.24) is 20.3 Å². The maximum Gasteiger partial charge on any atom is 0.270 e. The summed E-state index contributed by atoms with van der Waals surface area (Å²) in [5.74, 6) is -1.65. The normalized spacial score (nSPS) is 14.4. The number of nitrogens with zero attached hydrogens (tertiary/aromatic N) is 2. The van der Waals surface area contributed by atoms with Crippen LogP contribution < -0.4 is 10.9 Å². The Bertz CT molecular complexity index is 1290. The van der Waals surface area contributed by atoms with Gasteiger partial charge in [-0.2, -0.15) is 5.06 Å². The van der Waals surface area contributed by atoms with Gasteiger partial charge in [-0.3, -0.25) is 14.4 Å². The van der Waals surface area contributed by atoms with Gasteiger partial charge in [0.1, 0.15) is 17.0 Å². The number of hydrogen-bond donors (Lipinski definition) is 2. The van der Waals surface area contributed by atoms with Gasteiger partial charge in [-0.1, -0.05) is 25.1 Å². The van der Waals surface area contributed by atoms with Gasteiger partial charge < -0.3 is 10.3 Å². The molecule has 0 fully saturated rings. The Morgan fingerprint density at radius 2 is 2.09 bits per heavy atom. The van der Waals surface area contributed by atoms with E-state index in [1.165, 1.54) is 19.2 Å². The highest BCUT2D eigenvalue weighted by atomic mass is 19.1. The van der Waals surface area contributed by atoms with Crippen LogP contribution in [-0.2, 0) is 17.8 Å². The molecule has 2 aromatic carbocycles. The molecule has 2 heterocycles. The van der Waals surface area contributed by atoms with Crippen molar-refractivity contribution in [1.29, 1.82) is 0 Å². The van der Waals surface area contributed by atoms with Crippen LogP contribution in [0.1, 0.15) is 34.1 Å². The van der Waals surface area contributed by atoms with Gasteiger partial charge in [0, 0.05) is 19.2 Å². The Morgan fingerprint density at radius 1 is 1.28 bits per heavy atom. The lowest BCUT2D eigenvalue weighted by Crippen LogP contribution is -2.29. The second kappa shape index (κ2) is 8.97. The molecule has 166 valence electrons. The number of H-pyrrole nitrogens is 1. The number of benzene rings is 2. The van der Waals surface area contributed by atoms with Crippen LogP contribution in [0.3, 0.4) is 0 Å². The minimum Gasteiger partial charge on any atom is -0.355 e. The number of hydroxylamine groups is 2. The van der Waals surface area contributed by atoms with Crippen LogP contribution in [0.15, 0.2) is 41.2 Å². The molecule has 0 aliphatic carbocycles. The van der Waals surface area contributed by atoms with Crippen LogP contribution in [-0.4, -0.2) is 41.1 Å². The van der Waals surface area contributed by atoms with Gasteiger partial charge in [-0.05, 0) is 35.8 Å². The number of aromatic nitrogens is 2. The summed E-state index contributed by atoms with van der Waals surface area (Å²) in [7, 11) is 1.44. The predicted octanol–water partition coefficient (Wildman–Crippen LogP) is 2.95. The quantitative estimate of drug-likeness (QED) is 0.637. The second-order valence-corrected chi connectivity index (χ2v) is 7.40. The van der Waals surface area contributed by atoms with Crippen molar-refractivity contribution >= 4 is 22.5 Å². The van der Waals surface area contributed by atoms with Crippen LogP contribution >= 0.6 is 0 Å². The molecule has 3 aromatic rings. The molecule has 0 saturated heterocycles. The number of halogens is 2. The molecule has 4 rings (SSSR count). The monoisotopic (exact) mass is 440 g/mol. The van der Waals surface area contributed by atoms with E-state index in [0.29, 0.717) is 35.3 Å². The zero-order chi connectivity index (χ0) is 22.8. The van der Waals surface area contributed by atoms with Crippen LogP contribution in [0.2, 0.25) is 0 Å². The summed E-state index contributed by atoms with van der Waals surface area (Å²) >= 11 is 0. The third-order valence-electron chi connectivity index (χ3n) is 5.39. The smallest absolute Gasteiger partial charge is 0.270 e. The highest BCUT2D eigenvalue weighted by Gasteiger charge is 2.19. The van der Waals surface area contributed by atoms with Gasteiger partial charge in [-0.15, -0.1) is 0 Å². The Hall–Kier alpha value is -3.43. The Morgan fingerprint density at radius 3 is 2.75 bits per heavy atom. The average molecular weight is 440 g/mol. The number of carbonyl (C=O) groups is 1. The van der Waals surface area contributed by atoms with Crippen LogP contribution in [0, 0.1) is 11.6 Å². The summed E-state index contributed by atoms with van der Waals surface area (Å²) in [6.45, 7) is 2.50. The number of fused-ring (bicyclic) bond motifs is 1. The lowest BCUT2D eigenvalue weighted by molar-refractivity contribution is -0.151. The topological polar surface area (TPSA) is 87.3 Å². The molecule has 7 nitrogen and oxygen atoms in total. The number of carbonyl (C=O) groups excluding carboxylic acids is 1. The molecule has 9 heteroatoms. The minimum absolute atomic E-state index is 0.0272. The van der Waals surface area contributed by atoms with Gasteiger partial charge in [0.25, 0.3) is 11.5 Å². The van der Waals surface area contributed by atoms with Gasteiger partial charge >= 0.3 is 0 Å². The maximum absolute atomic E-state index is 15.0. The van der Waals surface area contributed by atoms with Crippen molar-refractivity contribution in [2.24, 2.45) is 0 Å². The molecule has 0 atom stereocenters. The summed E-state index contributed by atoms with van der Waals surface area (Å²) in [6, 6.07) is 7.68. The lowest BCUT2D eigenvalue weighted by atomic mass is 10.0. The van der Waals surface area contributed by atoms with E-state index >= 15 is 0 Å².